The molecule has 170 valence electrons. The number of halogens is 2. The highest BCUT2D eigenvalue weighted by atomic mass is 35.5. The average Bonchev–Trinajstić information content (AvgIpc) is 2.72. The quantitative estimate of drug-likeness (QED) is 0.425. The number of nitrogens with one attached hydrogen (secondary N) is 1. The molecule has 3 unspecified atom stereocenters. The molecule has 0 spiro atoms. The number of aliphatic carboxylic acids is 2. The van der Waals surface area contributed by atoms with Crippen LogP contribution in [-0.4, -0.2) is 34.1 Å². The fourth-order valence-corrected chi connectivity index (χ4v) is 3.47. The van der Waals surface area contributed by atoms with Crippen molar-refractivity contribution in [3.63, 3.8) is 0 Å². The lowest BCUT2D eigenvalue weighted by atomic mass is 9.91. The van der Waals surface area contributed by atoms with Gasteiger partial charge in [-0.05, 0) is 48.7 Å². The Morgan fingerprint density at radius 3 is 2.03 bits per heavy atom. The largest absolute Gasteiger partial charge is 0.481 e. The Hall–Kier alpha value is -2.83. The number of amides is 1. The van der Waals surface area contributed by atoms with Crippen LogP contribution in [0, 0.1) is 11.8 Å². The van der Waals surface area contributed by atoms with E-state index in [1.165, 1.54) is 0 Å². The Kier molecular flexibility index (Phi) is 9.75. The lowest BCUT2D eigenvalue weighted by Gasteiger charge is -2.23. The molecular formula is C24H25Cl2NO5. The van der Waals surface area contributed by atoms with E-state index >= 15 is 0 Å². The van der Waals surface area contributed by atoms with Gasteiger partial charge in [-0.25, -0.2) is 0 Å². The molecule has 0 aliphatic rings. The second-order valence-corrected chi connectivity index (χ2v) is 8.47. The van der Waals surface area contributed by atoms with Gasteiger partial charge in [0, 0.05) is 28.4 Å². The predicted molar refractivity (Wildman–Crippen MR) is 125 cm³/mol. The van der Waals surface area contributed by atoms with E-state index in [2.05, 4.69) is 5.32 Å². The van der Waals surface area contributed by atoms with Crippen LogP contribution in [0.1, 0.15) is 30.9 Å². The van der Waals surface area contributed by atoms with Crippen molar-refractivity contribution in [1.82, 2.24) is 5.32 Å². The molecule has 1 amide bonds. The summed E-state index contributed by atoms with van der Waals surface area (Å²) in [6.07, 6.45) is 3.52. The third kappa shape index (κ3) is 8.73. The van der Waals surface area contributed by atoms with Crippen molar-refractivity contribution in [2.24, 2.45) is 11.8 Å². The van der Waals surface area contributed by atoms with Crippen molar-refractivity contribution in [1.29, 1.82) is 0 Å². The number of hydrogen-bond acceptors (Lipinski definition) is 3. The van der Waals surface area contributed by atoms with Gasteiger partial charge in [-0.2, -0.15) is 0 Å². The molecule has 6 nitrogen and oxygen atoms in total. The van der Waals surface area contributed by atoms with Crippen LogP contribution in [0.5, 0.6) is 0 Å². The summed E-state index contributed by atoms with van der Waals surface area (Å²) >= 11 is 11.9. The first-order valence-electron chi connectivity index (χ1n) is 10.1. The van der Waals surface area contributed by atoms with Gasteiger partial charge >= 0.3 is 11.9 Å². The maximum absolute atomic E-state index is 12.4. The van der Waals surface area contributed by atoms with Crippen molar-refractivity contribution in [3.8, 4) is 0 Å². The van der Waals surface area contributed by atoms with Gasteiger partial charge < -0.3 is 15.5 Å². The SMILES string of the molecule is CC(NC(=O)CC(CC(=O)O)C(=O)O)C(C=Cc1ccc(Cl)cc1)Cc1ccc(Cl)cc1. The molecule has 2 aromatic carbocycles. The van der Waals surface area contributed by atoms with E-state index in [9.17, 15) is 19.5 Å². The number of carboxylic acid groups (broad SMARTS) is 2. The first-order valence-corrected chi connectivity index (χ1v) is 10.8. The Labute approximate surface area is 196 Å². The van der Waals surface area contributed by atoms with Crippen LogP contribution < -0.4 is 5.32 Å². The van der Waals surface area contributed by atoms with Crippen LogP contribution in [0.15, 0.2) is 54.6 Å². The Morgan fingerprint density at radius 2 is 1.50 bits per heavy atom. The van der Waals surface area contributed by atoms with Crippen LogP contribution in [0.25, 0.3) is 6.08 Å². The molecule has 8 heteroatoms. The summed E-state index contributed by atoms with van der Waals surface area (Å²) in [7, 11) is 0. The second-order valence-electron chi connectivity index (χ2n) is 7.60. The Morgan fingerprint density at radius 1 is 0.938 bits per heavy atom. The molecule has 0 heterocycles. The summed E-state index contributed by atoms with van der Waals surface area (Å²) in [6, 6.07) is 14.4. The van der Waals surface area contributed by atoms with Gasteiger partial charge in [-0.15, -0.1) is 0 Å². The van der Waals surface area contributed by atoms with Crippen LogP contribution >= 0.6 is 23.2 Å². The zero-order chi connectivity index (χ0) is 23.7. The smallest absolute Gasteiger partial charge is 0.307 e. The number of carbonyl (C=O) groups excluding carboxylic acids is 1. The minimum absolute atomic E-state index is 0.112. The van der Waals surface area contributed by atoms with Gasteiger partial charge in [0.1, 0.15) is 0 Å². The zero-order valence-electron chi connectivity index (χ0n) is 17.5. The lowest BCUT2D eigenvalue weighted by Crippen LogP contribution is -2.40. The van der Waals surface area contributed by atoms with Gasteiger partial charge in [-0.1, -0.05) is 59.6 Å². The number of rotatable bonds is 11. The second kappa shape index (κ2) is 12.3. The van der Waals surface area contributed by atoms with Crippen LogP contribution in [0.3, 0.4) is 0 Å². The molecule has 0 aliphatic carbocycles. The third-order valence-corrected chi connectivity index (χ3v) is 5.53. The molecule has 0 saturated carbocycles. The van der Waals surface area contributed by atoms with Gasteiger partial charge in [0.05, 0.1) is 12.3 Å². The molecule has 0 fully saturated rings. The third-order valence-electron chi connectivity index (χ3n) is 5.02. The summed E-state index contributed by atoms with van der Waals surface area (Å²) in [5.41, 5.74) is 1.97. The lowest BCUT2D eigenvalue weighted by molar-refractivity contribution is -0.149. The number of carboxylic acids is 2. The van der Waals surface area contributed by atoms with Crippen molar-refractivity contribution in [3.05, 3.63) is 75.8 Å². The fourth-order valence-electron chi connectivity index (χ4n) is 3.21. The molecule has 2 rings (SSSR count). The number of benzene rings is 2. The number of carbonyl (C=O) groups is 3. The van der Waals surface area contributed by atoms with Gasteiger partial charge in [0.15, 0.2) is 0 Å². The zero-order valence-corrected chi connectivity index (χ0v) is 19.0. The van der Waals surface area contributed by atoms with E-state index in [1.54, 1.807) is 24.3 Å². The van der Waals surface area contributed by atoms with Crippen molar-refractivity contribution < 1.29 is 24.6 Å². The minimum Gasteiger partial charge on any atom is -0.481 e. The topological polar surface area (TPSA) is 104 Å². The van der Waals surface area contributed by atoms with Crippen molar-refractivity contribution >= 4 is 47.1 Å². The summed E-state index contributed by atoms with van der Waals surface area (Å²) in [4.78, 5) is 34.6. The maximum Gasteiger partial charge on any atom is 0.307 e. The fraction of sp³-hybridized carbons (Fsp3) is 0.292. The van der Waals surface area contributed by atoms with Gasteiger partial charge in [-0.3, -0.25) is 14.4 Å². The summed E-state index contributed by atoms with van der Waals surface area (Å²) in [5.74, 6) is -4.47. The van der Waals surface area contributed by atoms with E-state index in [1.807, 2.05) is 43.3 Å². The standard InChI is InChI=1S/C24H25Cl2NO5/c1-15(27-22(28)13-19(24(31)32)14-23(29)30)18(12-17-5-10-21(26)11-6-17)7-2-16-3-8-20(25)9-4-16/h2-11,15,18-19H,12-14H2,1H3,(H,27,28)(H,29,30)(H,31,32). The van der Waals surface area contributed by atoms with E-state index < -0.39 is 36.6 Å². The number of hydrogen-bond donors (Lipinski definition) is 3. The monoisotopic (exact) mass is 477 g/mol. The molecule has 32 heavy (non-hydrogen) atoms. The average molecular weight is 478 g/mol. The molecular weight excluding hydrogens is 453 g/mol. The molecule has 2 aromatic rings. The van der Waals surface area contributed by atoms with E-state index in [4.69, 9.17) is 28.3 Å². The highest BCUT2D eigenvalue weighted by Gasteiger charge is 2.26. The van der Waals surface area contributed by atoms with E-state index in [0.29, 0.717) is 16.5 Å². The molecule has 0 aliphatic heterocycles. The van der Waals surface area contributed by atoms with Crippen LogP contribution in [0.4, 0.5) is 0 Å². The van der Waals surface area contributed by atoms with Gasteiger partial charge in [0.25, 0.3) is 0 Å². The molecule has 0 bridgehead atoms. The molecule has 3 atom stereocenters. The Balaban J connectivity index is 2.14. The molecule has 0 saturated heterocycles. The first kappa shape index (κ1) is 25.4. The van der Waals surface area contributed by atoms with Crippen LogP contribution in [0.2, 0.25) is 10.0 Å². The predicted octanol–water partition coefficient (Wildman–Crippen LogP) is 4.94. The molecule has 0 aromatic heterocycles. The molecule has 0 radical (unpaired) electrons. The first-order chi connectivity index (χ1) is 15.1. The normalized spacial score (nSPS) is 14.0. The van der Waals surface area contributed by atoms with Crippen molar-refractivity contribution in [2.45, 2.75) is 32.2 Å². The van der Waals surface area contributed by atoms with E-state index in [0.717, 1.165) is 11.1 Å². The summed E-state index contributed by atoms with van der Waals surface area (Å²) < 4.78 is 0. The van der Waals surface area contributed by atoms with Gasteiger partial charge in [0.2, 0.25) is 5.91 Å². The minimum atomic E-state index is -1.31. The Bertz CT molecular complexity index is 957. The maximum atomic E-state index is 12.4. The van der Waals surface area contributed by atoms with Crippen LogP contribution in [-0.2, 0) is 20.8 Å². The molecule has 3 N–H and O–H groups in total. The highest BCUT2D eigenvalue weighted by molar-refractivity contribution is 6.30. The summed E-state index contributed by atoms with van der Waals surface area (Å²) in [5, 5.41) is 22.1. The van der Waals surface area contributed by atoms with E-state index in [-0.39, 0.29) is 12.0 Å². The van der Waals surface area contributed by atoms with Crippen molar-refractivity contribution in [2.75, 3.05) is 0 Å². The summed E-state index contributed by atoms with van der Waals surface area (Å²) in [6.45, 7) is 1.83. The highest BCUT2D eigenvalue weighted by Crippen LogP contribution is 2.20.